The largest absolute Gasteiger partial charge is 0.483 e. The molecule has 0 atom stereocenters. The van der Waals surface area contributed by atoms with Crippen molar-refractivity contribution in [3.63, 3.8) is 0 Å². The van der Waals surface area contributed by atoms with Crippen LogP contribution in [-0.4, -0.2) is 16.4 Å². The van der Waals surface area contributed by atoms with Gasteiger partial charge in [-0.15, -0.1) is 0 Å². The predicted octanol–water partition coefficient (Wildman–Crippen LogP) is 3.18. The maximum absolute atomic E-state index is 12.6. The van der Waals surface area contributed by atoms with Crippen LogP contribution in [0.25, 0.3) is 0 Å². The van der Waals surface area contributed by atoms with E-state index in [0.29, 0.717) is 11.4 Å². The van der Waals surface area contributed by atoms with E-state index in [-0.39, 0.29) is 29.4 Å². The summed E-state index contributed by atoms with van der Waals surface area (Å²) in [4.78, 5) is 36.0. The molecule has 3 rings (SSSR count). The molecule has 148 valence electrons. The number of hydrogen-bond acceptors (Lipinski definition) is 4. The number of aromatic nitrogens is 1. The van der Waals surface area contributed by atoms with Crippen LogP contribution in [0.2, 0.25) is 0 Å². The number of aryl methyl sites for hydroxylation is 1. The number of ether oxygens (including phenoxy) is 1. The van der Waals surface area contributed by atoms with Gasteiger partial charge in [0.25, 0.3) is 5.91 Å². The highest BCUT2D eigenvalue weighted by atomic mass is 16.5. The second kappa shape index (κ2) is 8.88. The second-order valence-electron chi connectivity index (χ2n) is 6.49. The van der Waals surface area contributed by atoms with E-state index in [1.165, 1.54) is 19.2 Å². The predicted molar refractivity (Wildman–Crippen MR) is 111 cm³/mol. The van der Waals surface area contributed by atoms with Gasteiger partial charge in [-0.25, -0.2) is 0 Å². The molecule has 29 heavy (non-hydrogen) atoms. The fourth-order valence-corrected chi connectivity index (χ4v) is 2.71. The zero-order valence-electron chi connectivity index (χ0n) is 16.1. The molecule has 0 fully saturated rings. The molecule has 3 aromatic rings. The number of pyridine rings is 1. The van der Waals surface area contributed by atoms with E-state index in [9.17, 15) is 14.4 Å². The van der Waals surface area contributed by atoms with Crippen molar-refractivity contribution in [2.24, 2.45) is 7.05 Å². The van der Waals surface area contributed by atoms with E-state index in [1.807, 2.05) is 30.3 Å². The highest BCUT2D eigenvalue weighted by Crippen LogP contribution is 2.15. The zero-order chi connectivity index (χ0) is 20.8. The normalized spacial score (nSPS) is 10.3. The van der Waals surface area contributed by atoms with Gasteiger partial charge in [0.2, 0.25) is 11.3 Å². The number of amides is 2. The van der Waals surface area contributed by atoms with Gasteiger partial charge in [-0.3, -0.25) is 14.4 Å². The Bertz CT molecular complexity index is 1070. The van der Waals surface area contributed by atoms with E-state index in [4.69, 9.17) is 4.74 Å². The minimum absolute atomic E-state index is 0.174. The lowest BCUT2D eigenvalue weighted by atomic mass is 10.2. The molecule has 1 aromatic heterocycles. The first-order valence-electron chi connectivity index (χ1n) is 8.99. The van der Waals surface area contributed by atoms with Gasteiger partial charge < -0.3 is 19.9 Å². The van der Waals surface area contributed by atoms with Crippen LogP contribution in [0.15, 0.2) is 71.7 Å². The van der Waals surface area contributed by atoms with Crippen molar-refractivity contribution in [1.29, 1.82) is 0 Å². The first-order chi connectivity index (χ1) is 13.9. The SMILES string of the molecule is CC(=O)Nc1ccc(NC(=O)c2cc(=O)c(OCc3ccccc3)cn2C)cc1. The van der Waals surface area contributed by atoms with Gasteiger partial charge in [0.05, 0.1) is 6.20 Å². The van der Waals surface area contributed by atoms with E-state index >= 15 is 0 Å². The van der Waals surface area contributed by atoms with E-state index in [2.05, 4.69) is 10.6 Å². The molecule has 0 bridgehead atoms. The summed E-state index contributed by atoms with van der Waals surface area (Å²) in [5.74, 6) is -0.426. The van der Waals surface area contributed by atoms with Gasteiger partial charge in [-0.1, -0.05) is 30.3 Å². The summed E-state index contributed by atoms with van der Waals surface area (Å²) >= 11 is 0. The molecular weight excluding hydrogens is 370 g/mol. The van der Waals surface area contributed by atoms with Crippen LogP contribution >= 0.6 is 0 Å². The van der Waals surface area contributed by atoms with Crippen LogP contribution in [0, 0.1) is 0 Å². The molecule has 0 aliphatic carbocycles. The van der Waals surface area contributed by atoms with Gasteiger partial charge in [0.15, 0.2) is 5.75 Å². The van der Waals surface area contributed by atoms with Gasteiger partial charge in [0, 0.05) is 31.4 Å². The molecule has 1 heterocycles. The average Bonchev–Trinajstić information content (AvgIpc) is 2.70. The van der Waals surface area contributed by atoms with Crippen molar-refractivity contribution in [3.05, 3.63) is 88.3 Å². The first-order valence-corrected chi connectivity index (χ1v) is 8.99. The third-order valence-corrected chi connectivity index (χ3v) is 4.13. The van der Waals surface area contributed by atoms with Crippen LogP contribution in [0.4, 0.5) is 11.4 Å². The first kappa shape index (κ1) is 19.9. The molecule has 0 unspecified atom stereocenters. The Hall–Kier alpha value is -3.87. The number of benzene rings is 2. The monoisotopic (exact) mass is 391 g/mol. The molecule has 7 nitrogen and oxygen atoms in total. The van der Waals surface area contributed by atoms with Gasteiger partial charge in [0.1, 0.15) is 12.3 Å². The lowest BCUT2D eigenvalue weighted by Gasteiger charge is -2.12. The number of nitrogens with zero attached hydrogens (tertiary/aromatic N) is 1. The Balaban J connectivity index is 1.70. The zero-order valence-corrected chi connectivity index (χ0v) is 16.1. The molecular formula is C22H21N3O4. The van der Waals surface area contributed by atoms with Crippen molar-refractivity contribution in [3.8, 4) is 5.75 Å². The average molecular weight is 391 g/mol. The smallest absolute Gasteiger partial charge is 0.272 e. The van der Waals surface area contributed by atoms with Gasteiger partial charge in [-0.05, 0) is 29.8 Å². The minimum Gasteiger partial charge on any atom is -0.483 e. The maximum Gasteiger partial charge on any atom is 0.272 e. The third kappa shape index (κ3) is 5.32. The lowest BCUT2D eigenvalue weighted by molar-refractivity contribution is -0.114. The van der Waals surface area contributed by atoms with E-state index < -0.39 is 5.91 Å². The van der Waals surface area contributed by atoms with Crippen LogP contribution in [-0.2, 0) is 18.4 Å². The second-order valence-corrected chi connectivity index (χ2v) is 6.49. The summed E-state index contributed by atoms with van der Waals surface area (Å²) in [6.45, 7) is 1.69. The third-order valence-electron chi connectivity index (χ3n) is 4.13. The molecule has 0 spiro atoms. The van der Waals surface area contributed by atoms with Crippen molar-refractivity contribution in [2.45, 2.75) is 13.5 Å². The Morgan fingerprint density at radius 3 is 2.21 bits per heavy atom. The van der Waals surface area contributed by atoms with Gasteiger partial charge in [-0.2, -0.15) is 0 Å². The molecule has 2 aromatic carbocycles. The molecule has 7 heteroatoms. The quantitative estimate of drug-likeness (QED) is 0.675. The number of anilines is 2. The summed E-state index contributed by atoms with van der Waals surface area (Å²) in [7, 11) is 1.67. The van der Waals surface area contributed by atoms with Crippen LogP contribution in [0.1, 0.15) is 23.0 Å². The summed E-state index contributed by atoms with van der Waals surface area (Å²) in [6.07, 6.45) is 1.50. The molecule has 0 aliphatic rings. The molecule has 0 aliphatic heterocycles. The standard InChI is InChI=1S/C22H21N3O4/c1-15(26)23-17-8-10-18(11-9-17)24-22(28)19-12-20(27)21(13-25(19)2)29-14-16-6-4-3-5-7-16/h3-13H,14H2,1-2H3,(H,23,26)(H,24,28). The molecule has 2 N–H and O–H groups in total. The summed E-state index contributed by atoms with van der Waals surface area (Å²) < 4.78 is 7.15. The molecule has 2 amide bonds. The minimum atomic E-state index is -0.425. The van der Waals surface area contributed by atoms with E-state index in [1.54, 1.807) is 35.9 Å². The fourth-order valence-electron chi connectivity index (χ4n) is 2.71. The molecule has 0 radical (unpaired) electrons. The number of nitrogens with one attached hydrogen (secondary N) is 2. The summed E-state index contributed by atoms with van der Waals surface area (Å²) in [6, 6.07) is 17.4. The Morgan fingerprint density at radius 1 is 0.966 bits per heavy atom. The number of hydrogen-bond donors (Lipinski definition) is 2. The number of carbonyl (C=O) groups is 2. The highest BCUT2D eigenvalue weighted by molar-refractivity contribution is 6.03. The summed E-state index contributed by atoms with van der Waals surface area (Å²) in [5, 5.41) is 5.38. The van der Waals surface area contributed by atoms with Crippen LogP contribution < -0.4 is 20.8 Å². The topological polar surface area (TPSA) is 89.4 Å². The van der Waals surface area contributed by atoms with Crippen LogP contribution in [0.5, 0.6) is 5.75 Å². The number of carbonyl (C=O) groups excluding carboxylic acids is 2. The molecule has 0 saturated heterocycles. The van der Waals surface area contributed by atoms with Gasteiger partial charge >= 0.3 is 0 Å². The van der Waals surface area contributed by atoms with Crippen molar-refractivity contribution >= 4 is 23.2 Å². The van der Waals surface area contributed by atoms with Crippen molar-refractivity contribution in [1.82, 2.24) is 4.57 Å². The van der Waals surface area contributed by atoms with Crippen LogP contribution in [0.3, 0.4) is 0 Å². The number of rotatable bonds is 6. The van der Waals surface area contributed by atoms with Crippen molar-refractivity contribution in [2.75, 3.05) is 10.6 Å². The molecule has 0 saturated carbocycles. The Labute approximate surface area is 167 Å². The summed E-state index contributed by atoms with van der Waals surface area (Å²) in [5.41, 5.74) is 1.95. The Morgan fingerprint density at radius 2 is 1.59 bits per heavy atom. The van der Waals surface area contributed by atoms with E-state index in [0.717, 1.165) is 5.56 Å². The highest BCUT2D eigenvalue weighted by Gasteiger charge is 2.13. The lowest BCUT2D eigenvalue weighted by Crippen LogP contribution is -2.21. The fraction of sp³-hybridized carbons (Fsp3) is 0.136. The Kier molecular flexibility index (Phi) is 6.09. The maximum atomic E-state index is 12.6. The van der Waals surface area contributed by atoms with Crippen molar-refractivity contribution < 1.29 is 14.3 Å².